The van der Waals surface area contributed by atoms with Gasteiger partial charge in [-0.1, -0.05) is 35.9 Å². The van der Waals surface area contributed by atoms with Crippen LogP contribution in [0, 0.1) is 0 Å². The van der Waals surface area contributed by atoms with Crippen LogP contribution in [0.4, 0.5) is 0 Å². The number of rotatable bonds is 6. The molecule has 1 aliphatic heterocycles. The number of nitrogens with one attached hydrogen (secondary N) is 1. The highest BCUT2D eigenvalue weighted by atomic mass is 35.5. The lowest BCUT2D eigenvalue weighted by Crippen LogP contribution is -2.37. The molecule has 132 valence electrons. The second kappa shape index (κ2) is 7.89. The Labute approximate surface area is 153 Å². The predicted molar refractivity (Wildman–Crippen MR) is 97.8 cm³/mol. The zero-order chi connectivity index (χ0) is 17.8. The van der Waals surface area contributed by atoms with Crippen molar-refractivity contribution in [3.63, 3.8) is 0 Å². The number of ether oxygens (including phenoxy) is 2. The number of hydrogen-bond acceptors (Lipinski definition) is 3. The summed E-state index contributed by atoms with van der Waals surface area (Å²) in [5.41, 5.74) is 3.11. The van der Waals surface area contributed by atoms with Crippen molar-refractivity contribution in [3.8, 4) is 5.75 Å². The average molecular weight is 360 g/mol. The van der Waals surface area contributed by atoms with Crippen LogP contribution in [0.3, 0.4) is 0 Å². The molecule has 0 radical (unpaired) electrons. The van der Waals surface area contributed by atoms with E-state index < -0.39 is 6.10 Å². The van der Waals surface area contributed by atoms with Gasteiger partial charge in [0, 0.05) is 18.0 Å². The quantitative estimate of drug-likeness (QED) is 0.851. The first kappa shape index (κ1) is 17.8. The van der Waals surface area contributed by atoms with E-state index in [1.807, 2.05) is 50.2 Å². The number of halogens is 1. The van der Waals surface area contributed by atoms with Crippen molar-refractivity contribution in [2.24, 2.45) is 0 Å². The standard InChI is InChI=1S/C20H22ClNO3/c1-13(2)24-12-15-5-3-4-14(8-15)11-22-20(23)19-10-16-9-17(21)6-7-18(16)25-19/h3-9,13,19H,10-12H2,1-2H3,(H,22,23)/t19-/m0/s1. The van der Waals surface area contributed by atoms with Crippen LogP contribution in [-0.2, 0) is 29.1 Å². The second-order valence-electron chi connectivity index (χ2n) is 6.46. The van der Waals surface area contributed by atoms with Gasteiger partial charge in [0.15, 0.2) is 6.10 Å². The summed E-state index contributed by atoms with van der Waals surface area (Å²) >= 11 is 5.99. The van der Waals surface area contributed by atoms with Crippen LogP contribution < -0.4 is 10.1 Å². The van der Waals surface area contributed by atoms with E-state index in [9.17, 15) is 4.79 Å². The first-order valence-electron chi connectivity index (χ1n) is 8.43. The van der Waals surface area contributed by atoms with Gasteiger partial charge in [-0.05, 0) is 48.7 Å². The molecule has 5 heteroatoms. The molecule has 0 aliphatic carbocycles. The van der Waals surface area contributed by atoms with Crippen molar-refractivity contribution in [2.45, 2.75) is 45.6 Å². The Morgan fingerprint density at radius 3 is 2.88 bits per heavy atom. The van der Waals surface area contributed by atoms with Gasteiger partial charge in [-0.2, -0.15) is 0 Å². The molecule has 1 N–H and O–H groups in total. The fourth-order valence-corrected chi connectivity index (χ4v) is 2.95. The molecule has 0 saturated heterocycles. The monoisotopic (exact) mass is 359 g/mol. The van der Waals surface area contributed by atoms with E-state index in [0.717, 1.165) is 22.4 Å². The van der Waals surface area contributed by atoms with Crippen LogP contribution in [-0.4, -0.2) is 18.1 Å². The normalized spacial score (nSPS) is 15.8. The zero-order valence-electron chi connectivity index (χ0n) is 14.4. The van der Waals surface area contributed by atoms with Crippen molar-refractivity contribution in [3.05, 3.63) is 64.2 Å². The number of carbonyl (C=O) groups excluding carboxylic acids is 1. The van der Waals surface area contributed by atoms with E-state index in [1.165, 1.54) is 0 Å². The molecule has 0 unspecified atom stereocenters. The summed E-state index contributed by atoms with van der Waals surface area (Å²) in [7, 11) is 0. The van der Waals surface area contributed by atoms with Crippen molar-refractivity contribution in [1.29, 1.82) is 0 Å². The summed E-state index contributed by atoms with van der Waals surface area (Å²) in [6.07, 6.45) is 0.239. The van der Waals surface area contributed by atoms with Crippen LogP contribution in [0.1, 0.15) is 30.5 Å². The molecule has 1 heterocycles. The highest BCUT2D eigenvalue weighted by molar-refractivity contribution is 6.30. The van der Waals surface area contributed by atoms with Crippen molar-refractivity contribution >= 4 is 17.5 Å². The molecule has 3 rings (SSSR count). The molecule has 0 spiro atoms. The fourth-order valence-electron chi connectivity index (χ4n) is 2.76. The minimum Gasteiger partial charge on any atom is -0.480 e. The second-order valence-corrected chi connectivity index (χ2v) is 6.90. The molecule has 2 aromatic carbocycles. The molecule has 0 bridgehead atoms. The van der Waals surface area contributed by atoms with E-state index in [4.69, 9.17) is 21.1 Å². The molecule has 1 amide bonds. The Morgan fingerprint density at radius 2 is 2.08 bits per heavy atom. The largest absolute Gasteiger partial charge is 0.480 e. The van der Waals surface area contributed by atoms with Gasteiger partial charge >= 0.3 is 0 Å². The van der Waals surface area contributed by atoms with Crippen molar-refractivity contribution < 1.29 is 14.3 Å². The first-order chi connectivity index (χ1) is 12.0. The third-order valence-electron chi connectivity index (χ3n) is 4.03. The van der Waals surface area contributed by atoms with Crippen molar-refractivity contribution in [2.75, 3.05) is 0 Å². The number of amides is 1. The summed E-state index contributed by atoms with van der Waals surface area (Å²) in [6.45, 7) is 5.06. The maximum atomic E-state index is 12.4. The molecule has 4 nitrogen and oxygen atoms in total. The van der Waals surface area contributed by atoms with Gasteiger partial charge in [-0.25, -0.2) is 0 Å². The van der Waals surface area contributed by atoms with Gasteiger partial charge < -0.3 is 14.8 Å². The molecular formula is C20H22ClNO3. The molecule has 2 aromatic rings. The maximum absolute atomic E-state index is 12.4. The highest BCUT2D eigenvalue weighted by Crippen LogP contribution is 2.31. The highest BCUT2D eigenvalue weighted by Gasteiger charge is 2.28. The Morgan fingerprint density at radius 1 is 1.28 bits per heavy atom. The third-order valence-corrected chi connectivity index (χ3v) is 4.27. The molecule has 1 aliphatic rings. The molecule has 1 atom stereocenters. The van der Waals surface area contributed by atoms with Crippen LogP contribution >= 0.6 is 11.6 Å². The number of benzene rings is 2. The molecule has 25 heavy (non-hydrogen) atoms. The Kier molecular flexibility index (Phi) is 5.61. The average Bonchev–Trinajstić information content (AvgIpc) is 3.01. The third kappa shape index (κ3) is 4.74. The maximum Gasteiger partial charge on any atom is 0.261 e. The lowest BCUT2D eigenvalue weighted by atomic mass is 10.1. The molecule has 0 saturated carbocycles. The summed E-state index contributed by atoms with van der Waals surface area (Å²) in [5.74, 6) is 0.619. The zero-order valence-corrected chi connectivity index (χ0v) is 15.2. The van der Waals surface area contributed by atoms with Gasteiger partial charge in [-0.3, -0.25) is 4.79 Å². The van der Waals surface area contributed by atoms with E-state index in [-0.39, 0.29) is 12.0 Å². The molecule has 0 aromatic heterocycles. The smallest absolute Gasteiger partial charge is 0.261 e. The van der Waals surface area contributed by atoms with Crippen LogP contribution in [0.2, 0.25) is 5.02 Å². The Hall–Kier alpha value is -2.04. The number of carbonyl (C=O) groups is 1. The predicted octanol–water partition coefficient (Wildman–Crippen LogP) is 3.88. The van der Waals surface area contributed by atoms with Gasteiger partial charge in [0.1, 0.15) is 5.75 Å². The molecular weight excluding hydrogens is 338 g/mol. The van der Waals surface area contributed by atoms with Crippen LogP contribution in [0.15, 0.2) is 42.5 Å². The lowest BCUT2D eigenvalue weighted by Gasteiger charge is -2.12. The topological polar surface area (TPSA) is 47.6 Å². The summed E-state index contributed by atoms with van der Waals surface area (Å²) in [4.78, 5) is 12.4. The Balaban J connectivity index is 1.54. The summed E-state index contributed by atoms with van der Waals surface area (Å²) < 4.78 is 11.3. The van der Waals surface area contributed by atoms with Crippen LogP contribution in [0.5, 0.6) is 5.75 Å². The van der Waals surface area contributed by atoms with Gasteiger partial charge in [0.2, 0.25) is 0 Å². The first-order valence-corrected chi connectivity index (χ1v) is 8.81. The van der Waals surface area contributed by atoms with Crippen LogP contribution in [0.25, 0.3) is 0 Å². The van der Waals surface area contributed by atoms with Gasteiger partial charge in [-0.15, -0.1) is 0 Å². The Bertz CT molecular complexity index is 760. The number of fused-ring (bicyclic) bond motifs is 1. The lowest BCUT2D eigenvalue weighted by molar-refractivity contribution is -0.127. The van der Waals surface area contributed by atoms with E-state index in [0.29, 0.717) is 24.6 Å². The van der Waals surface area contributed by atoms with E-state index >= 15 is 0 Å². The minimum atomic E-state index is -0.499. The van der Waals surface area contributed by atoms with Gasteiger partial charge in [0.05, 0.1) is 12.7 Å². The SMILES string of the molecule is CC(C)OCc1cccc(CNC(=O)[C@@H]2Cc3cc(Cl)ccc3O2)c1. The number of hydrogen-bond donors (Lipinski definition) is 1. The van der Waals surface area contributed by atoms with E-state index in [1.54, 1.807) is 6.07 Å². The molecule has 0 fully saturated rings. The van der Waals surface area contributed by atoms with Gasteiger partial charge in [0.25, 0.3) is 5.91 Å². The minimum absolute atomic E-state index is 0.115. The van der Waals surface area contributed by atoms with Crippen molar-refractivity contribution in [1.82, 2.24) is 5.32 Å². The summed E-state index contributed by atoms with van der Waals surface area (Å²) in [6, 6.07) is 13.5. The van der Waals surface area contributed by atoms with E-state index in [2.05, 4.69) is 5.32 Å². The summed E-state index contributed by atoms with van der Waals surface area (Å²) in [5, 5.41) is 3.60. The fraction of sp³-hybridized carbons (Fsp3) is 0.350.